The number of anilines is 4. The van der Waals surface area contributed by atoms with Gasteiger partial charge in [-0.25, -0.2) is 9.40 Å². The third-order valence-electron chi connectivity index (χ3n) is 12.7. The number of nitrogens with one attached hydrogen (secondary N) is 4. The number of hydrogen-bond donors (Lipinski definition) is 4. The molecule has 3 atom stereocenters. The Morgan fingerprint density at radius 1 is 0.969 bits per heavy atom. The van der Waals surface area contributed by atoms with Crippen molar-refractivity contribution in [2.75, 3.05) is 63.8 Å². The van der Waals surface area contributed by atoms with Crippen LogP contribution in [0.4, 0.5) is 23.1 Å². The third-order valence-corrected chi connectivity index (χ3v) is 15.0. The summed E-state index contributed by atoms with van der Waals surface area (Å²) < 4.78 is 31.2. The van der Waals surface area contributed by atoms with E-state index in [9.17, 15) is 23.7 Å². The summed E-state index contributed by atoms with van der Waals surface area (Å²) in [5, 5.41) is 13.0. The molecule has 19 heteroatoms. The van der Waals surface area contributed by atoms with Crippen LogP contribution >= 0.6 is 19.4 Å². The van der Waals surface area contributed by atoms with Gasteiger partial charge in [0.2, 0.25) is 17.8 Å². The van der Waals surface area contributed by atoms with E-state index in [0.29, 0.717) is 40.2 Å². The molecule has 5 heterocycles. The monoisotopic (exact) mass is 923 g/mol. The quantitative estimate of drug-likeness (QED) is 0.0620. The molecule has 3 unspecified atom stereocenters. The largest absolute Gasteiger partial charge is 0.497 e. The van der Waals surface area contributed by atoms with Gasteiger partial charge in [-0.15, -0.1) is 0 Å². The molecule has 340 valence electrons. The number of fused-ring (bicyclic) bond motifs is 1. The van der Waals surface area contributed by atoms with E-state index in [1.165, 1.54) is 18.6 Å². The Balaban J connectivity index is 1.03. The first kappa shape index (κ1) is 45.9. The smallest absolute Gasteiger partial charge is 0.362 e. The molecule has 1 aromatic heterocycles. The Hall–Kier alpha value is -5.70. The van der Waals surface area contributed by atoms with Gasteiger partial charge in [-0.3, -0.25) is 38.9 Å². The van der Waals surface area contributed by atoms with Gasteiger partial charge in [0.1, 0.15) is 17.6 Å². The highest BCUT2D eigenvalue weighted by Crippen LogP contribution is 2.48. The molecular formula is C46H51ClN9O8P. The molecule has 4 aromatic rings. The summed E-state index contributed by atoms with van der Waals surface area (Å²) >= 11 is 7.14. The molecule has 4 amide bonds. The summed E-state index contributed by atoms with van der Waals surface area (Å²) in [7, 11) is 0.711. The number of carbonyl (C=O) groups excluding carboxylic acids is 4. The van der Waals surface area contributed by atoms with Crippen molar-refractivity contribution in [2.24, 2.45) is 0 Å². The first-order valence-electron chi connectivity index (χ1n) is 21.5. The van der Waals surface area contributed by atoms with E-state index in [2.05, 4.69) is 62.0 Å². The van der Waals surface area contributed by atoms with Crippen molar-refractivity contribution in [1.29, 1.82) is 0 Å². The van der Waals surface area contributed by atoms with Crippen molar-refractivity contribution in [2.45, 2.75) is 62.6 Å². The molecule has 3 fully saturated rings. The molecule has 0 spiro atoms. The van der Waals surface area contributed by atoms with Crippen molar-refractivity contribution >= 4 is 71.4 Å². The molecule has 4 aliphatic rings. The van der Waals surface area contributed by atoms with Crippen LogP contribution in [0.15, 0.2) is 72.9 Å². The Bertz CT molecular complexity index is 2610. The highest BCUT2D eigenvalue weighted by molar-refractivity contribution is 7.62. The number of para-hydroxylation sites is 1. The number of ether oxygens (including phenoxy) is 1. The molecule has 4 N–H and O–H groups in total. The lowest BCUT2D eigenvalue weighted by Crippen LogP contribution is -2.64. The number of carbonyl (C=O) groups is 4. The number of nitrogens with zero attached hydrogens (tertiary/aromatic N) is 5. The lowest BCUT2D eigenvalue weighted by Gasteiger charge is -2.52. The van der Waals surface area contributed by atoms with Gasteiger partial charge in [-0.1, -0.05) is 24.0 Å². The fourth-order valence-electron chi connectivity index (χ4n) is 9.37. The van der Waals surface area contributed by atoms with E-state index in [4.69, 9.17) is 30.5 Å². The predicted octanol–water partition coefficient (Wildman–Crippen LogP) is 4.76. The summed E-state index contributed by atoms with van der Waals surface area (Å²) in [6.45, 7) is 6.17. The van der Waals surface area contributed by atoms with Gasteiger partial charge < -0.3 is 29.7 Å². The summed E-state index contributed by atoms with van der Waals surface area (Å²) in [6.07, 6.45) is 3.97. The second kappa shape index (κ2) is 19.4. The van der Waals surface area contributed by atoms with Crippen LogP contribution in [0.5, 0.6) is 5.75 Å². The number of benzene rings is 3. The van der Waals surface area contributed by atoms with E-state index < -0.39 is 37.3 Å². The van der Waals surface area contributed by atoms with E-state index >= 15 is 0 Å². The highest BCUT2D eigenvalue weighted by Gasteiger charge is 2.47. The number of hydrogen-bond acceptors (Lipinski definition) is 15. The van der Waals surface area contributed by atoms with Crippen LogP contribution < -0.4 is 35.7 Å². The van der Waals surface area contributed by atoms with Gasteiger partial charge in [0, 0.05) is 93.8 Å². The number of piperidine rings is 2. The van der Waals surface area contributed by atoms with E-state index in [0.717, 1.165) is 56.0 Å². The van der Waals surface area contributed by atoms with E-state index in [-0.39, 0.29) is 47.4 Å². The molecule has 0 saturated carbocycles. The van der Waals surface area contributed by atoms with Gasteiger partial charge >= 0.3 is 7.60 Å². The number of aromatic nitrogens is 2. The maximum absolute atomic E-state index is 13.4. The topological polar surface area (TPSA) is 197 Å². The standard InChI is InChI=1S/C46H51ClN9O8P/c1-29(8-7-9-30-12-13-34-35(24-30)44(60)55(43(34)59)37-14-15-41(57)53-42(37)58)54-23-22-49-28-39(54)46(17-20-48-21-18-46)31-25-32(27-33(26-31)62-2)56(47)45-50-19-16-40(52-45)51-36-10-5-6-11-38(36)65(61,63-3)64-4/h5-6,10-13,16,19,24-27,29,37,39,48-49H,8,14-15,17-18,20-23,28H2,1-4H3,(H,50,51,52)(H,53,57,58). The number of imide groups is 2. The van der Waals surface area contributed by atoms with Crippen molar-refractivity contribution < 1.29 is 37.5 Å². The number of amides is 4. The summed E-state index contributed by atoms with van der Waals surface area (Å²) in [4.78, 5) is 63.7. The lowest BCUT2D eigenvalue weighted by atomic mass is 9.66. The minimum Gasteiger partial charge on any atom is -0.497 e. The fraction of sp³-hybridized carbons (Fsp3) is 0.391. The van der Waals surface area contributed by atoms with Gasteiger partial charge in [-0.2, -0.15) is 4.98 Å². The zero-order valence-corrected chi connectivity index (χ0v) is 38.2. The molecule has 3 aromatic carbocycles. The van der Waals surface area contributed by atoms with Crippen LogP contribution in [0, 0.1) is 11.8 Å². The Morgan fingerprint density at radius 3 is 2.49 bits per heavy atom. The maximum Gasteiger partial charge on any atom is 0.362 e. The van der Waals surface area contributed by atoms with E-state index in [1.54, 1.807) is 61.8 Å². The number of rotatable bonds is 13. The van der Waals surface area contributed by atoms with Crippen LogP contribution in [0.1, 0.15) is 70.9 Å². The molecular weight excluding hydrogens is 873 g/mol. The van der Waals surface area contributed by atoms with Crippen LogP contribution in [0.3, 0.4) is 0 Å². The van der Waals surface area contributed by atoms with Crippen molar-refractivity contribution in [3.05, 3.63) is 95.2 Å². The van der Waals surface area contributed by atoms with Gasteiger partial charge in [0.05, 0.1) is 34.9 Å². The Kier molecular flexibility index (Phi) is 13.7. The Labute approximate surface area is 382 Å². The summed E-state index contributed by atoms with van der Waals surface area (Å²) in [6, 6.07) is 18.7. The summed E-state index contributed by atoms with van der Waals surface area (Å²) in [5.74, 6) is 5.62. The van der Waals surface area contributed by atoms with Crippen LogP contribution in [-0.4, -0.2) is 116 Å². The normalized spacial score (nSPS) is 20.4. The van der Waals surface area contributed by atoms with Crippen molar-refractivity contribution in [3.63, 3.8) is 0 Å². The number of methoxy groups -OCH3 is 1. The average Bonchev–Trinajstić information content (AvgIpc) is 3.58. The first-order chi connectivity index (χ1) is 31.4. The second-order valence-corrected chi connectivity index (χ2v) is 18.9. The second-order valence-electron chi connectivity index (χ2n) is 16.4. The zero-order chi connectivity index (χ0) is 45.9. The highest BCUT2D eigenvalue weighted by atomic mass is 35.5. The number of halogens is 1. The number of piperazine rings is 1. The van der Waals surface area contributed by atoms with Crippen LogP contribution in [0.2, 0.25) is 0 Å². The molecule has 17 nitrogen and oxygen atoms in total. The molecule has 0 aliphatic carbocycles. The van der Waals surface area contributed by atoms with Gasteiger partial charge in [0.15, 0.2) is 0 Å². The van der Waals surface area contributed by atoms with E-state index in [1.807, 2.05) is 6.07 Å². The molecule has 0 radical (unpaired) electrons. The molecule has 4 aliphatic heterocycles. The third kappa shape index (κ3) is 9.13. The first-order valence-corrected chi connectivity index (χ1v) is 23.4. The summed E-state index contributed by atoms with van der Waals surface area (Å²) in [5.41, 5.74) is 2.84. The van der Waals surface area contributed by atoms with Gasteiger partial charge in [-0.05, 0) is 93.4 Å². The van der Waals surface area contributed by atoms with Crippen molar-refractivity contribution in [3.8, 4) is 17.6 Å². The van der Waals surface area contributed by atoms with Gasteiger partial charge in [0.25, 0.3) is 11.8 Å². The average molecular weight is 924 g/mol. The fourth-order valence-corrected chi connectivity index (χ4v) is 10.8. The minimum absolute atomic E-state index is 0.0482. The van der Waals surface area contributed by atoms with Crippen molar-refractivity contribution in [1.82, 2.24) is 35.7 Å². The van der Waals surface area contributed by atoms with Crippen LogP contribution in [0.25, 0.3) is 0 Å². The molecule has 3 saturated heterocycles. The van der Waals surface area contributed by atoms with Crippen LogP contribution in [-0.2, 0) is 28.6 Å². The SMILES string of the molecule is COc1cc(N(Cl)c2nccc(Nc3ccccc3P(=O)(OC)OC)n2)cc(C2(C3CNCCN3C(C)CC#Cc3ccc4c(c3)C(=O)N(C3CCC(=O)NC3=O)C4=O)CCNCC2)c1. The lowest BCUT2D eigenvalue weighted by molar-refractivity contribution is -0.136. The predicted molar refractivity (Wildman–Crippen MR) is 245 cm³/mol. The Morgan fingerprint density at radius 2 is 1.74 bits per heavy atom. The molecule has 8 rings (SSSR count). The minimum atomic E-state index is -3.59. The zero-order valence-electron chi connectivity index (χ0n) is 36.6. The maximum atomic E-state index is 13.4. The molecule has 0 bridgehead atoms. The molecule has 65 heavy (non-hydrogen) atoms.